The lowest BCUT2D eigenvalue weighted by Gasteiger charge is -2.21. The lowest BCUT2D eigenvalue weighted by Crippen LogP contribution is -2.18. The summed E-state index contributed by atoms with van der Waals surface area (Å²) in [7, 11) is 3.23. The van der Waals surface area contributed by atoms with Crippen molar-refractivity contribution in [1.29, 1.82) is 0 Å². The second-order valence-corrected chi connectivity index (χ2v) is 5.34. The average Bonchev–Trinajstić information content (AvgIpc) is 2.99. The van der Waals surface area contributed by atoms with E-state index in [0.29, 0.717) is 17.1 Å². The van der Waals surface area contributed by atoms with Crippen molar-refractivity contribution >= 4 is 5.69 Å². The summed E-state index contributed by atoms with van der Waals surface area (Å²) in [4.78, 5) is 4.30. The number of halogens is 2. The van der Waals surface area contributed by atoms with E-state index in [1.54, 1.807) is 41.2 Å². The van der Waals surface area contributed by atoms with Crippen molar-refractivity contribution in [3.63, 3.8) is 0 Å². The molecule has 124 valence electrons. The summed E-state index contributed by atoms with van der Waals surface area (Å²) in [5.41, 5.74) is 0.938. The number of aryl methyl sites for hydroxylation is 1. The molecule has 4 nitrogen and oxygen atoms in total. The number of nitrogens with zero attached hydrogens (tertiary/aromatic N) is 2. The Balaban J connectivity index is 2.01. The zero-order valence-electron chi connectivity index (χ0n) is 13.3. The molecule has 1 aromatic heterocycles. The van der Waals surface area contributed by atoms with E-state index < -0.39 is 11.9 Å². The highest BCUT2D eigenvalue weighted by atomic mass is 19.1. The molecule has 3 aromatic rings. The molecule has 0 aliphatic rings. The molecule has 0 amide bonds. The molecule has 0 radical (unpaired) electrons. The van der Waals surface area contributed by atoms with E-state index >= 15 is 0 Å². The third-order valence-corrected chi connectivity index (χ3v) is 3.80. The third kappa shape index (κ3) is 3.08. The van der Waals surface area contributed by atoms with Gasteiger partial charge in [-0.1, -0.05) is 18.2 Å². The van der Waals surface area contributed by atoms with Crippen molar-refractivity contribution in [3.8, 4) is 5.75 Å². The van der Waals surface area contributed by atoms with Gasteiger partial charge in [-0.3, -0.25) is 0 Å². The molecule has 1 unspecified atom stereocenters. The Hall–Kier alpha value is -2.89. The van der Waals surface area contributed by atoms with Gasteiger partial charge in [0.2, 0.25) is 0 Å². The number of anilines is 1. The molecule has 0 saturated heterocycles. The minimum atomic E-state index is -0.556. The van der Waals surface area contributed by atoms with Crippen molar-refractivity contribution in [2.75, 3.05) is 12.4 Å². The number of methoxy groups -OCH3 is 1. The van der Waals surface area contributed by atoms with Gasteiger partial charge in [0.05, 0.1) is 7.11 Å². The number of imidazole rings is 1. The van der Waals surface area contributed by atoms with Crippen LogP contribution in [0, 0.1) is 11.6 Å². The Kier molecular flexibility index (Phi) is 4.46. The number of aromatic nitrogens is 2. The van der Waals surface area contributed by atoms with Crippen LogP contribution in [0.2, 0.25) is 0 Å². The first kappa shape index (κ1) is 16.0. The number of nitrogens with one attached hydrogen (secondary N) is 1. The molecule has 0 bridgehead atoms. The Morgan fingerprint density at radius 3 is 2.54 bits per heavy atom. The minimum absolute atomic E-state index is 0.153. The van der Waals surface area contributed by atoms with Crippen LogP contribution in [0.3, 0.4) is 0 Å². The molecule has 1 heterocycles. The first-order valence-corrected chi connectivity index (χ1v) is 7.42. The molecular formula is C18H17F2N3O. The number of benzene rings is 2. The highest BCUT2D eigenvalue weighted by molar-refractivity contribution is 5.50. The highest BCUT2D eigenvalue weighted by Gasteiger charge is 2.21. The van der Waals surface area contributed by atoms with Crippen LogP contribution in [0.1, 0.15) is 17.4 Å². The van der Waals surface area contributed by atoms with Gasteiger partial charge in [-0.15, -0.1) is 0 Å². The largest absolute Gasteiger partial charge is 0.494 e. The van der Waals surface area contributed by atoms with E-state index in [4.69, 9.17) is 4.74 Å². The lowest BCUT2D eigenvalue weighted by molar-refractivity contribution is 0.386. The van der Waals surface area contributed by atoms with E-state index in [0.717, 1.165) is 0 Å². The maximum Gasteiger partial charge on any atom is 0.167 e. The molecule has 1 N–H and O–H groups in total. The molecule has 0 aliphatic carbocycles. The predicted molar refractivity (Wildman–Crippen MR) is 88.0 cm³/mol. The SMILES string of the molecule is COc1ccc(NC(c2ccccc2F)c2nccn2C)cc1F. The molecule has 6 heteroatoms. The van der Waals surface area contributed by atoms with E-state index in [1.807, 2.05) is 7.05 Å². The van der Waals surface area contributed by atoms with Crippen molar-refractivity contribution in [2.45, 2.75) is 6.04 Å². The van der Waals surface area contributed by atoms with Crippen molar-refractivity contribution in [1.82, 2.24) is 9.55 Å². The zero-order valence-corrected chi connectivity index (χ0v) is 13.3. The molecule has 0 spiro atoms. The summed E-state index contributed by atoms with van der Waals surface area (Å²) in [6.07, 6.45) is 3.42. The lowest BCUT2D eigenvalue weighted by atomic mass is 10.0. The van der Waals surface area contributed by atoms with Gasteiger partial charge in [0.15, 0.2) is 11.6 Å². The molecule has 1 atom stereocenters. The molecule has 0 fully saturated rings. The predicted octanol–water partition coefficient (Wildman–Crippen LogP) is 3.91. The summed E-state index contributed by atoms with van der Waals surface area (Å²) < 4.78 is 35.0. The fourth-order valence-corrected chi connectivity index (χ4v) is 2.57. The Morgan fingerprint density at radius 1 is 1.12 bits per heavy atom. The smallest absolute Gasteiger partial charge is 0.167 e. The monoisotopic (exact) mass is 329 g/mol. The third-order valence-electron chi connectivity index (χ3n) is 3.80. The molecule has 3 rings (SSSR count). The molecule has 2 aromatic carbocycles. The van der Waals surface area contributed by atoms with Gasteiger partial charge in [0.1, 0.15) is 17.7 Å². The highest BCUT2D eigenvalue weighted by Crippen LogP contribution is 2.29. The van der Waals surface area contributed by atoms with Crippen LogP contribution in [-0.2, 0) is 7.05 Å². The Morgan fingerprint density at radius 2 is 1.92 bits per heavy atom. The first-order chi connectivity index (χ1) is 11.6. The van der Waals surface area contributed by atoms with Gasteiger partial charge in [0.25, 0.3) is 0 Å². The van der Waals surface area contributed by atoms with E-state index in [9.17, 15) is 8.78 Å². The fraction of sp³-hybridized carbons (Fsp3) is 0.167. The van der Waals surface area contributed by atoms with Crippen LogP contribution < -0.4 is 10.1 Å². The molecular weight excluding hydrogens is 312 g/mol. The van der Waals surface area contributed by atoms with Gasteiger partial charge in [-0.25, -0.2) is 13.8 Å². The van der Waals surface area contributed by atoms with E-state index in [2.05, 4.69) is 10.3 Å². The number of ether oxygens (including phenoxy) is 1. The second-order valence-electron chi connectivity index (χ2n) is 5.34. The minimum Gasteiger partial charge on any atom is -0.494 e. The van der Waals surface area contributed by atoms with Gasteiger partial charge >= 0.3 is 0 Å². The molecule has 24 heavy (non-hydrogen) atoms. The van der Waals surface area contributed by atoms with Crippen LogP contribution >= 0.6 is 0 Å². The number of rotatable bonds is 5. The van der Waals surface area contributed by atoms with Gasteiger partial charge < -0.3 is 14.6 Å². The van der Waals surface area contributed by atoms with Gasteiger partial charge in [0, 0.05) is 36.8 Å². The average molecular weight is 329 g/mol. The normalized spacial score (nSPS) is 12.0. The quantitative estimate of drug-likeness (QED) is 0.771. The summed E-state index contributed by atoms with van der Waals surface area (Å²) >= 11 is 0. The Bertz CT molecular complexity index is 848. The van der Waals surface area contributed by atoms with Crippen LogP contribution in [-0.4, -0.2) is 16.7 Å². The number of hydrogen-bond acceptors (Lipinski definition) is 3. The van der Waals surface area contributed by atoms with E-state index in [-0.39, 0.29) is 11.6 Å². The summed E-state index contributed by atoms with van der Waals surface area (Å²) in [6.45, 7) is 0. The first-order valence-electron chi connectivity index (χ1n) is 7.42. The molecule has 0 aliphatic heterocycles. The summed E-state index contributed by atoms with van der Waals surface area (Å²) in [5, 5.41) is 3.15. The summed E-state index contributed by atoms with van der Waals surface area (Å²) in [5.74, 6) is -0.0714. The zero-order chi connectivity index (χ0) is 17.1. The Labute approximate surface area is 138 Å². The second kappa shape index (κ2) is 6.70. The topological polar surface area (TPSA) is 39.1 Å². The van der Waals surface area contributed by atoms with Crippen LogP contribution in [0.25, 0.3) is 0 Å². The van der Waals surface area contributed by atoms with Crippen LogP contribution in [0.15, 0.2) is 54.9 Å². The standard InChI is InChI=1S/C18H17F2N3O/c1-23-10-9-21-18(23)17(13-5-3-4-6-14(13)19)22-12-7-8-16(24-2)15(20)11-12/h3-11,17,22H,1-2H3. The van der Waals surface area contributed by atoms with Gasteiger partial charge in [-0.2, -0.15) is 0 Å². The van der Waals surface area contributed by atoms with Crippen molar-refractivity contribution in [2.24, 2.45) is 7.05 Å². The van der Waals surface area contributed by atoms with Crippen molar-refractivity contribution < 1.29 is 13.5 Å². The van der Waals surface area contributed by atoms with Crippen molar-refractivity contribution in [3.05, 3.63) is 77.9 Å². The molecule has 0 saturated carbocycles. The summed E-state index contributed by atoms with van der Waals surface area (Å²) in [6, 6.07) is 10.4. The van der Waals surface area contributed by atoms with E-state index in [1.165, 1.54) is 25.3 Å². The van der Waals surface area contributed by atoms with Crippen LogP contribution in [0.4, 0.5) is 14.5 Å². The maximum atomic E-state index is 14.3. The number of hydrogen-bond donors (Lipinski definition) is 1. The van der Waals surface area contributed by atoms with Crippen LogP contribution in [0.5, 0.6) is 5.75 Å². The maximum absolute atomic E-state index is 14.3. The fourth-order valence-electron chi connectivity index (χ4n) is 2.57. The van der Waals surface area contributed by atoms with Gasteiger partial charge in [-0.05, 0) is 18.2 Å².